The van der Waals surface area contributed by atoms with Crippen LogP contribution in [0.25, 0.3) is 0 Å². The lowest BCUT2D eigenvalue weighted by atomic mass is 9.83. The minimum absolute atomic E-state index is 0.0432. The number of ether oxygens (including phenoxy) is 2. The minimum atomic E-state index is -0.0432. The Bertz CT molecular complexity index is 382. The monoisotopic (exact) mass is 291 g/mol. The van der Waals surface area contributed by atoms with E-state index < -0.39 is 0 Å². The van der Waals surface area contributed by atoms with Gasteiger partial charge in [0.05, 0.1) is 5.60 Å². The molecular weight excluding hydrogens is 262 g/mol. The molecule has 2 rings (SSSR count). The number of hydrogen-bond donors (Lipinski definition) is 1. The van der Waals surface area contributed by atoms with E-state index in [1.807, 2.05) is 0 Å². The van der Waals surface area contributed by atoms with Crippen LogP contribution in [0.15, 0.2) is 30.3 Å². The van der Waals surface area contributed by atoms with Gasteiger partial charge in [-0.15, -0.1) is 0 Å². The molecule has 0 aromatic heterocycles. The van der Waals surface area contributed by atoms with E-state index in [2.05, 4.69) is 49.6 Å². The first-order valence-corrected chi connectivity index (χ1v) is 8.23. The molecule has 0 bridgehead atoms. The third-order valence-corrected chi connectivity index (χ3v) is 4.56. The first kappa shape index (κ1) is 16.5. The SMILES string of the molecule is CCOC1(C(CCCc2ccccc2)NC)CCOCC1. The lowest BCUT2D eigenvalue weighted by molar-refractivity contribution is -0.127. The lowest BCUT2D eigenvalue weighted by Crippen LogP contribution is -2.54. The van der Waals surface area contributed by atoms with Gasteiger partial charge >= 0.3 is 0 Å². The summed E-state index contributed by atoms with van der Waals surface area (Å²) in [4.78, 5) is 0. The Hall–Kier alpha value is -0.900. The number of aryl methyl sites for hydroxylation is 1. The lowest BCUT2D eigenvalue weighted by Gasteiger charge is -2.43. The maximum atomic E-state index is 6.18. The van der Waals surface area contributed by atoms with Gasteiger partial charge in [0.2, 0.25) is 0 Å². The molecule has 1 heterocycles. The highest BCUT2D eigenvalue weighted by atomic mass is 16.5. The van der Waals surface area contributed by atoms with E-state index in [-0.39, 0.29) is 5.60 Å². The van der Waals surface area contributed by atoms with E-state index in [9.17, 15) is 0 Å². The topological polar surface area (TPSA) is 30.5 Å². The highest BCUT2D eigenvalue weighted by Crippen LogP contribution is 2.31. The molecule has 0 saturated carbocycles. The molecular formula is C18H29NO2. The molecule has 1 unspecified atom stereocenters. The van der Waals surface area contributed by atoms with Crippen LogP contribution >= 0.6 is 0 Å². The predicted molar refractivity (Wildman–Crippen MR) is 86.6 cm³/mol. The Morgan fingerprint density at radius 1 is 1.24 bits per heavy atom. The number of nitrogens with one attached hydrogen (secondary N) is 1. The highest BCUT2D eigenvalue weighted by molar-refractivity contribution is 5.14. The fourth-order valence-corrected chi connectivity index (χ4v) is 3.42. The molecule has 1 atom stereocenters. The summed E-state index contributed by atoms with van der Waals surface area (Å²) in [6.45, 7) is 4.50. The van der Waals surface area contributed by atoms with Crippen LogP contribution in [0.5, 0.6) is 0 Å². The molecule has 0 spiro atoms. The van der Waals surface area contributed by atoms with Crippen LogP contribution in [-0.2, 0) is 15.9 Å². The third-order valence-electron chi connectivity index (χ3n) is 4.56. The van der Waals surface area contributed by atoms with E-state index in [4.69, 9.17) is 9.47 Å². The number of benzene rings is 1. The summed E-state index contributed by atoms with van der Waals surface area (Å²) < 4.78 is 11.7. The quantitative estimate of drug-likeness (QED) is 0.798. The van der Waals surface area contributed by atoms with Crippen molar-refractivity contribution in [3.63, 3.8) is 0 Å². The summed E-state index contributed by atoms with van der Waals surface area (Å²) >= 11 is 0. The normalized spacial score (nSPS) is 19.3. The Morgan fingerprint density at radius 2 is 1.95 bits per heavy atom. The Morgan fingerprint density at radius 3 is 2.57 bits per heavy atom. The average Bonchev–Trinajstić information content (AvgIpc) is 2.54. The van der Waals surface area contributed by atoms with Crippen molar-refractivity contribution in [2.75, 3.05) is 26.9 Å². The molecule has 0 radical (unpaired) electrons. The van der Waals surface area contributed by atoms with Crippen molar-refractivity contribution in [2.24, 2.45) is 0 Å². The van der Waals surface area contributed by atoms with Gasteiger partial charge in [-0.1, -0.05) is 30.3 Å². The van der Waals surface area contributed by atoms with Gasteiger partial charge in [0, 0.05) is 38.7 Å². The summed E-state index contributed by atoms with van der Waals surface area (Å²) in [5, 5.41) is 3.50. The minimum Gasteiger partial charge on any atom is -0.381 e. The van der Waals surface area contributed by atoms with Crippen molar-refractivity contribution in [3.05, 3.63) is 35.9 Å². The molecule has 0 amide bonds. The second-order valence-corrected chi connectivity index (χ2v) is 5.83. The van der Waals surface area contributed by atoms with E-state index >= 15 is 0 Å². The van der Waals surface area contributed by atoms with Gasteiger partial charge in [0.1, 0.15) is 0 Å². The van der Waals surface area contributed by atoms with Crippen LogP contribution in [-0.4, -0.2) is 38.5 Å². The molecule has 21 heavy (non-hydrogen) atoms. The van der Waals surface area contributed by atoms with Crippen LogP contribution in [0, 0.1) is 0 Å². The zero-order valence-electron chi connectivity index (χ0n) is 13.4. The van der Waals surface area contributed by atoms with Crippen molar-refractivity contribution < 1.29 is 9.47 Å². The fraction of sp³-hybridized carbons (Fsp3) is 0.667. The van der Waals surface area contributed by atoms with Crippen LogP contribution in [0.2, 0.25) is 0 Å². The van der Waals surface area contributed by atoms with E-state index in [0.29, 0.717) is 6.04 Å². The standard InChI is InChI=1S/C18H29NO2/c1-3-21-18(12-14-20-15-13-18)17(19-2)11-7-10-16-8-5-4-6-9-16/h4-6,8-9,17,19H,3,7,10-15H2,1-2H3. The maximum Gasteiger partial charge on any atom is 0.0878 e. The molecule has 0 aliphatic carbocycles. The Kier molecular flexibility index (Phi) is 6.68. The summed E-state index contributed by atoms with van der Waals surface area (Å²) in [5.74, 6) is 0. The van der Waals surface area contributed by atoms with E-state index in [0.717, 1.165) is 45.5 Å². The number of hydrogen-bond acceptors (Lipinski definition) is 3. The van der Waals surface area contributed by atoms with E-state index in [1.165, 1.54) is 12.0 Å². The molecule has 1 aromatic carbocycles. The number of rotatable bonds is 8. The Balaban J connectivity index is 1.90. The molecule has 1 aromatic rings. The average molecular weight is 291 g/mol. The van der Waals surface area contributed by atoms with Gasteiger partial charge in [-0.25, -0.2) is 0 Å². The van der Waals surface area contributed by atoms with Gasteiger partial charge in [-0.2, -0.15) is 0 Å². The summed E-state index contributed by atoms with van der Waals surface area (Å²) in [6.07, 6.45) is 5.46. The number of likely N-dealkylation sites (N-methyl/N-ethyl adjacent to an activating group) is 1. The molecule has 3 nitrogen and oxygen atoms in total. The molecule has 1 aliphatic heterocycles. The highest BCUT2D eigenvalue weighted by Gasteiger charge is 2.40. The van der Waals surface area contributed by atoms with Gasteiger partial charge < -0.3 is 14.8 Å². The molecule has 3 heteroatoms. The van der Waals surface area contributed by atoms with Gasteiger partial charge in [-0.05, 0) is 38.8 Å². The maximum absolute atomic E-state index is 6.18. The third kappa shape index (κ3) is 4.53. The molecule has 118 valence electrons. The van der Waals surface area contributed by atoms with Gasteiger partial charge in [0.15, 0.2) is 0 Å². The van der Waals surface area contributed by atoms with Crippen LogP contribution in [0.4, 0.5) is 0 Å². The first-order chi connectivity index (χ1) is 10.3. The summed E-state index contributed by atoms with van der Waals surface area (Å²) in [6, 6.07) is 11.1. The fourth-order valence-electron chi connectivity index (χ4n) is 3.42. The van der Waals surface area contributed by atoms with E-state index in [1.54, 1.807) is 0 Å². The molecule has 1 N–H and O–H groups in total. The predicted octanol–water partition coefficient (Wildman–Crippen LogP) is 3.18. The molecule has 1 fully saturated rings. The van der Waals surface area contributed by atoms with Crippen LogP contribution < -0.4 is 5.32 Å². The zero-order valence-corrected chi connectivity index (χ0v) is 13.4. The van der Waals surface area contributed by atoms with Crippen LogP contribution in [0.3, 0.4) is 0 Å². The second-order valence-electron chi connectivity index (χ2n) is 5.83. The molecule has 1 saturated heterocycles. The van der Waals surface area contributed by atoms with Gasteiger partial charge in [0.25, 0.3) is 0 Å². The summed E-state index contributed by atoms with van der Waals surface area (Å²) in [5.41, 5.74) is 1.38. The van der Waals surface area contributed by atoms with Crippen molar-refractivity contribution in [1.82, 2.24) is 5.32 Å². The van der Waals surface area contributed by atoms with Crippen molar-refractivity contribution >= 4 is 0 Å². The zero-order chi connectivity index (χ0) is 15.0. The van der Waals surface area contributed by atoms with Crippen molar-refractivity contribution in [1.29, 1.82) is 0 Å². The first-order valence-electron chi connectivity index (χ1n) is 8.23. The smallest absolute Gasteiger partial charge is 0.0878 e. The second kappa shape index (κ2) is 8.52. The van der Waals surface area contributed by atoms with Crippen LogP contribution in [0.1, 0.15) is 38.2 Å². The Labute approximate surface area is 129 Å². The summed E-state index contributed by atoms with van der Waals surface area (Å²) in [7, 11) is 2.06. The largest absolute Gasteiger partial charge is 0.381 e. The van der Waals surface area contributed by atoms with Crippen molar-refractivity contribution in [2.45, 2.75) is 50.7 Å². The van der Waals surface area contributed by atoms with Gasteiger partial charge in [-0.3, -0.25) is 0 Å². The van der Waals surface area contributed by atoms with Crippen molar-refractivity contribution in [3.8, 4) is 0 Å². The molecule has 1 aliphatic rings.